The molecule has 0 bridgehead atoms. The van der Waals surface area contributed by atoms with Crippen LogP contribution in [-0.4, -0.2) is 42.9 Å². The summed E-state index contributed by atoms with van der Waals surface area (Å²) < 4.78 is 5.17. The van der Waals surface area contributed by atoms with Crippen LogP contribution in [0.5, 0.6) is 0 Å². The van der Waals surface area contributed by atoms with E-state index < -0.39 is 0 Å². The molecule has 1 aliphatic heterocycles. The number of rotatable bonds is 4. The molecule has 13 heavy (non-hydrogen) atoms. The smallest absolute Gasteiger partial charge is 0.222 e. The summed E-state index contributed by atoms with van der Waals surface area (Å²) in [6.07, 6.45) is 2.65. The number of ether oxygens (including phenoxy) is 1. The third-order valence-corrected chi connectivity index (χ3v) is 2.48. The summed E-state index contributed by atoms with van der Waals surface area (Å²) >= 11 is 4.11. The summed E-state index contributed by atoms with van der Waals surface area (Å²) in [5.74, 6) is 1.14. The lowest BCUT2D eigenvalue weighted by molar-refractivity contribution is -0.135. The lowest BCUT2D eigenvalue weighted by Crippen LogP contribution is -2.40. The minimum Gasteiger partial charge on any atom is -0.378 e. The Kier molecular flexibility index (Phi) is 5.23. The summed E-state index contributed by atoms with van der Waals surface area (Å²) in [5.41, 5.74) is 0. The summed E-state index contributed by atoms with van der Waals surface area (Å²) in [7, 11) is 0. The van der Waals surface area contributed by atoms with Gasteiger partial charge in [-0.15, -0.1) is 0 Å². The van der Waals surface area contributed by atoms with Gasteiger partial charge in [0.1, 0.15) is 0 Å². The predicted octanol–water partition coefficient (Wildman–Crippen LogP) is 0.945. The first-order chi connectivity index (χ1) is 6.34. The normalized spacial score (nSPS) is 17.5. The number of carbonyl (C=O) groups is 1. The average molecular weight is 203 g/mol. The van der Waals surface area contributed by atoms with Crippen LogP contribution in [0.4, 0.5) is 0 Å². The van der Waals surface area contributed by atoms with Crippen LogP contribution >= 0.6 is 12.6 Å². The van der Waals surface area contributed by atoms with Crippen LogP contribution in [0, 0.1) is 0 Å². The van der Waals surface area contributed by atoms with Gasteiger partial charge in [0, 0.05) is 19.5 Å². The van der Waals surface area contributed by atoms with E-state index in [-0.39, 0.29) is 5.91 Å². The number of hydrogen-bond donors (Lipinski definition) is 1. The molecule has 0 aromatic rings. The van der Waals surface area contributed by atoms with Crippen molar-refractivity contribution in [3.8, 4) is 0 Å². The Bertz CT molecular complexity index is 158. The number of unbranched alkanes of at least 4 members (excludes halogenated alkanes) is 1. The molecule has 1 rings (SSSR count). The van der Waals surface area contributed by atoms with Crippen molar-refractivity contribution in [1.82, 2.24) is 4.90 Å². The second-order valence-corrected chi connectivity index (χ2v) is 3.62. The van der Waals surface area contributed by atoms with E-state index >= 15 is 0 Å². The summed E-state index contributed by atoms with van der Waals surface area (Å²) in [6, 6.07) is 0. The highest BCUT2D eigenvalue weighted by Crippen LogP contribution is 2.04. The van der Waals surface area contributed by atoms with Gasteiger partial charge in [-0.3, -0.25) is 4.79 Å². The van der Waals surface area contributed by atoms with Gasteiger partial charge in [-0.05, 0) is 18.6 Å². The van der Waals surface area contributed by atoms with Gasteiger partial charge < -0.3 is 9.64 Å². The summed E-state index contributed by atoms with van der Waals surface area (Å²) in [4.78, 5) is 13.4. The number of amides is 1. The number of thiol groups is 1. The maximum Gasteiger partial charge on any atom is 0.222 e. The van der Waals surface area contributed by atoms with Crippen molar-refractivity contribution < 1.29 is 9.53 Å². The van der Waals surface area contributed by atoms with E-state index in [4.69, 9.17) is 4.74 Å². The Morgan fingerprint density at radius 1 is 1.31 bits per heavy atom. The third kappa shape index (κ3) is 4.00. The lowest BCUT2D eigenvalue weighted by atomic mass is 10.2. The van der Waals surface area contributed by atoms with Crippen LogP contribution in [0.15, 0.2) is 0 Å². The molecule has 0 spiro atoms. The molecule has 0 atom stereocenters. The Hall–Kier alpha value is -0.220. The Morgan fingerprint density at radius 3 is 2.62 bits per heavy atom. The first-order valence-electron chi connectivity index (χ1n) is 4.81. The van der Waals surface area contributed by atoms with Crippen LogP contribution in [0.25, 0.3) is 0 Å². The van der Waals surface area contributed by atoms with Crippen LogP contribution in [-0.2, 0) is 9.53 Å². The van der Waals surface area contributed by atoms with E-state index in [2.05, 4.69) is 12.6 Å². The van der Waals surface area contributed by atoms with Crippen molar-refractivity contribution in [3.63, 3.8) is 0 Å². The van der Waals surface area contributed by atoms with E-state index in [9.17, 15) is 4.79 Å². The molecule has 0 N–H and O–H groups in total. The van der Waals surface area contributed by atoms with Gasteiger partial charge in [-0.2, -0.15) is 12.6 Å². The topological polar surface area (TPSA) is 29.5 Å². The molecule has 0 radical (unpaired) electrons. The van der Waals surface area contributed by atoms with E-state index in [1.54, 1.807) is 0 Å². The zero-order valence-corrected chi connectivity index (χ0v) is 8.76. The van der Waals surface area contributed by atoms with Gasteiger partial charge in [0.25, 0.3) is 0 Å². The minimum atomic E-state index is 0.269. The lowest BCUT2D eigenvalue weighted by Gasteiger charge is -2.26. The minimum absolute atomic E-state index is 0.269. The molecule has 0 aliphatic carbocycles. The molecule has 1 amide bonds. The summed E-state index contributed by atoms with van der Waals surface area (Å²) in [6.45, 7) is 2.91. The third-order valence-electron chi connectivity index (χ3n) is 2.16. The van der Waals surface area contributed by atoms with Gasteiger partial charge in [0.2, 0.25) is 5.91 Å². The van der Waals surface area contributed by atoms with Crippen LogP contribution in [0.1, 0.15) is 19.3 Å². The Morgan fingerprint density at radius 2 is 2.00 bits per heavy atom. The van der Waals surface area contributed by atoms with Crippen molar-refractivity contribution in [2.45, 2.75) is 19.3 Å². The Balaban J connectivity index is 2.13. The zero-order valence-electron chi connectivity index (χ0n) is 7.87. The largest absolute Gasteiger partial charge is 0.378 e. The molecule has 1 aliphatic rings. The number of nitrogens with zero attached hydrogens (tertiary/aromatic N) is 1. The second kappa shape index (κ2) is 6.27. The SMILES string of the molecule is O=C(CCCCS)N1CCOCC1. The quantitative estimate of drug-likeness (QED) is 0.544. The number of morpholine rings is 1. The fourth-order valence-electron chi connectivity index (χ4n) is 1.36. The molecule has 0 saturated carbocycles. The fraction of sp³-hybridized carbons (Fsp3) is 0.889. The van der Waals surface area contributed by atoms with E-state index in [1.165, 1.54) is 0 Å². The van der Waals surface area contributed by atoms with Gasteiger partial charge in [0.05, 0.1) is 13.2 Å². The van der Waals surface area contributed by atoms with Crippen LogP contribution in [0.3, 0.4) is 0 Å². The first-order valence-corrected chi connectivity index (χ1v) is 5.44. The average Bonchev–Trinajstić information content (AvgIpc) is 2.19. The van der Waals surface area contributed by atoms with Crippen molar-refractivity contribution in [2.75, 3.05) is 32.1 Å². The van der Waals surface area contributed by atoms with E-state index in [0.29, 0.717) is 19.6 Å². The maximum absolute atomic E-state index is 11.5. The predicted molar refractivity (Wildman–Crippen MR) is 55.1 cm³/mol. The molecule has 1 fully saturated rings. The second-order valence-electron chi connectivity index (χ2n) is 3.17. The molecule has 76 valence electrons. The van der Waals surface area contributed by atoms with E-state index in [1.807, 2.05) is 4.90 Å². The zero-order chi connectivity index (χ0) is 9.52. The van der Waals surface area contributed by atoms with Gasteiger partial charge >= 0.3 is 0 Å². The highest BCUT2D eigenvalue weighted by Gasteiger charge is 2.15. The molecule has 1 heterocycles. The van der Waals surface area contributed by atoms with Gasteiger partial charge in [0.15, 0.2) is 0 Å². The highest BCUT2D eigenvalue weighted by molar-refractivity contribution is 7.80. The molecular formula is C9H17NO2S. The van der Waals surface area contributed by atoms with Crippen molar-refractivity contribution in [2.24, 2.45) is 0 Å². The van der Waals surface area contributed by atoms with Crippen molar-refractivity contribution >= 4 is 18.5 Å². The summed E-state index contributed by atoms with van der Waals surface area (Å²) in [5, 5.41) is 0. The monoisotopic (exact) mass is 203 g/mol. The standard InChI is InChI=1S/C9H17NO2S/c11-9(3-1-2-8-13)10-4-6-12-7-5-10/h13H,1-8H2. The maximum atomic E-state index is 11.5. The molecule has 3 nitrogen and oxygen atoms in total. The highest BCUT2D eigenvalue weighted by atomic mass is 32.1. The van der Waals surface area contributed by atoms with Gasteiger partial charge in [-0.1, -0.05) is 0 Å². The molecule has 1 saturated heterocycles. The first kappa shape index (κ1) is 10.9. The molecule has 0 aromatic carbocycles. The molecule has 0 unspecified atom stereocenters. The number of carbonyl (C=O) groups excluding carboxylic acids is 1. The Labute approximate surface area is 84.8 Å². The van der Waals surface area contributed by atoms with Crippen LogP contribution in [0.2, 0.25) is 0 Å². The molecular weight excluding hydrogens is 186 g/mol. The van der Waals surface area contributed by atoms with Crippen molar-refractivity contribution in [1.29, 1.82) is 0 Å². The molecule has 4 heteroatoms. The fourth-order valence-corrected chi connectivity index (χ4v) is 1.58. The van der Waals surface area contributed by atoms with Crippen LogP contribution < -0.4 is 0 Å². The number of hydrogen-bond acceptors (Lipinski definition) is 3. The van der Waals surface area contributed by atoms with E-state index in [0.717, 1.165) is 31.7 Å². The van der Waals surface area contributed by atoms with Crippen molar-refractivity contribution in [3.05, 3.63) is 0 Å². The molecule has 0 aromatic heterocycles. The van der Waals surface area contributed by atoms with Gasteiger partial charge in [-0.25, -0.2) is 0 Å².